The van der Waals surface area contributed by atoms with E-state index in [1.54, 1.807) is 0 Å². The van der Waals surface area contributed by atoms with Crippen LogP contribution in [-0.4, -0.2) is 39.3 Å². The van der Waals surface area contributed by atoms with Crippen LogP contribution < -0.4 is 5.32 Å². The summed E-state index contributed by atoms with van der Waals surface area (Å²) in [6, 6.07) is 4.30. The van der Waals surface area contributed by atoms with Gasteiger partial charge >= 0.3 is 0 Å². The van der Waals surface area contributed by atoms with Crippen LogP contribution in [0.4, 0.5) is 5.69 Å². The molecule has 0 aliphatic carbocycles. The highest BCUT2D eigenvalue weighted by molar-refractivity contribution is 7.00. The smallest absolute Gasteiger partial charge is 0.129 e. The van der Waals surface area contributed by atoms with E-state index in [-0.39, 0.29) is 0 Å². The van der Waals surface area contributed by atoms with Gasteiger partial charge in [0, 0.05) is 12.6 Å². The van der Waals surface area contributed by atoms with E-state index in [4.69, 9.17) is 11.6 Å². The van der Waals surface area contributed by atoms with Crippen LogP contribution in [0, 0.1) is 0 Å². The first-order valence-corrected chi connectivity index (χ1v) is 8.28. The molecular formula is C14H19ClN4S. The van der Waals surface area contributed by atoms with Crippen LogP contribution in [0.3, 0.4) is 0 Å². The van der Waals surface area contributed by atoms with Crippen molar-refractivity contribution in [2.75, 3.05) is 25.0 Å². The average molecular weight is 311 g/mol. The molecule has 0 bridgehead atoms. The molecule has 0 amide bonds. The van der Waals surface area contributed by atoms with Crippen molar-refractivity contribution in [3.8, 4) is 0 Å². The second-order valence-corrected chi connectivity index (χ2v) is 6.20. The van der Waals surface area contributed by atoms with Gasteiger partial charge in [0.2, 0.25) is 0 Å². The largest absolute Gasteiger partial charge is 0.379 e. The Hall–Kier alpha value is -0.910. The first-order chi connectivity index (χ1) is 9.78. The Labute approximate surface area is 128 Å². The Morgan fingerprint density at radius 1 is 1.35 bits per heavy atom. The van der Waals surface area contributed by atoms with Gasteiger partial charge in [-0.05, 0) is 44.5 Å². The number of hydrogen-bond acceptors (Lipinski definition) is 5. The van der Waals surface area contributed by atoms with Gasteiger partial charge in [-0.2, -0.15) is 8.75 Å². The Bertz CT molecular complexity index is 586. The number of rotatable bonds is 3. The van der Waals surface area contributed by atoms with Crippen LogP contribution in [-0.2, 0) is 0 Å². The summed E-state index contributed by atoms with van der Waals surface area (Å²) in [6.45, 7) is 5.72. The minimum atomic E-state index is 0.469. The summed E-state index contributed by atoms with van der Waals surface area (Å²) < 4.78 is 8.65. The van der Waals surface area contributed by atoms with Gasteiger partial charge in [-0.3, -0.25) is 0 Å². The van der Waals surface area contributed by atoms with Crippen molar-refractivity contribution >= 4 is 40.0 Å². The molecule has 0 spiro atoms. The monoisotopic (exact) mass is 310 g/mol. The number of fused-ring (bicyclic) bond motifs is 1. The van der Waals surface area contributed by atoms with E-state index in [0.29, 0.717) is 6.04 Å². The van der Waals surface area contributed by atoms with E-state index < -0.39 is 0 Å². The van der Waals surface area contributed by atoms with E-state index >= 15 is 0 Å². The van der Waals surface area contributed by atoms with Crippen molar-refractivity contribution in [2.24, 2.45) is 0 Å². The van der Waals surface area contributed by atoms with Crippen LogP contribution >= 0.6 is 23.3 Å². The van der Waals surface area contributed by atoms with Crippen molar-refractivity contribution in [3.05, 3.63) is 17.2 Å². The molecule has 1 aromatic carbocycles. The molecule has 1 aliphatic rings. The van der Waals surface area contributed by atoms with Gasteiger partial charge in [-0.1, -0.05) is 18.5 Å². The normalized spacial score (nSPS) is 21.0. The topological polar surface area (TPSA) is 41.0 Å². The van der Waals surface area contributed by atoms with Gasteiger partial charge in [-0.25, -0.2) is 0 Å². The standard InChI is InChI=1S/C14H19ClN4S/c1-2-19-8-3-4-10(7-9-19)16-13-11(15)5-6-12-14(13)18-20-17-12/h5-6,10,16H,2-4,7-9H2,1H3. The van der Waals surface area contributed by atoms with Gasteiger partial charge in [0.15, 0.2) is 0 Å². The third-order valence-electron chi connectivity index (χ3n) is 3.99. The third kappa shape index (κ3) is 2.90. The molecule has 6 heteroatoms. The molecular weight excluding hydrogens is 292 g/mol. The van der Waals surface area contributed by atoms with Gasteiger partial charge in [0.05, 0.1) is 22.4 Å². The molecule has 1 atom stereocenters. The molecule has 2 heterocycles. The van der Waals surface area contributed by atoms with Crippen molar-refractivity contribution in [1.29, 1.82) is 0 Å². The van der Waals surface area contributed by atoms with E-state index in [2.05, 4.69) is 25.9 Å². The lowest BCUT2D eigenvalue weighted by Crippen LogP contribution is -2.26. The zero-order valence-electron chi connectivity index (χ0n) is 11.6. The molecule has 20 heavy (non-hydrogen) atoms. The van der Waals surface area contributed by atoms with Crippen molar-refractivity contribution in [2.45, 2.75) is 32.2 Å². The predicted octanol–water partition coefficient (Wildman–Crippen LogP) is 3.63. The second-order valence-electron chi connectivity index (χ2n) is 5.26. The first-order valence-electron chi connectivity index (χ1n) is 7.17. The van der Waals surface area contributed by atoms with Crippen LogP contribution in [0.1, 0.15) is 26.2 Å². The fraction of sp³-hybridized carbons (Fsp3) is 0.571. The Morgan fingerprint density at radius 3 is 3.10 bits per heavy atom. The quantitative estimate of drug-likeness (QED) is 0.940. The summed E-state index contributed by atoms with van der Waals surface area (Å²) in [5, 5.41) is 4.35. The molecule has 1 unspecified atom stereocenters. The molecule has 0 radical (unpaired) electrons. The average Bonchev–Trinajstić information content (AvgIpc) is 2.81. The van der Waals surface area contributed by atoms with Gasteiger partial charge < -0.3 is 10.2 Å². The summed E-state index contributed by atoms with van der Waals surface area (Å²) >= 11 is 7.58. The van der Waals surface area contributed by atoms with Crippen LogP contribution in [0.15, 0.2) is 12.1 Å². The van der Waals surface area contributed by atoms with Gasteiger partial charge in [0.25, 0.3) is 0 Å². The third-order valence-corrected chi connectivity index (χ3v) is 4.85. The Morgan fingerprint density at radius 2 is 2.25 bits per heavy atom. The number of likely N-dealkylation sites (tertiary alicyclic amines) is 1. The van der Waals surface area contributed by atoms with Crippen LogP contribution in [0.2, 0.25) is 5.02 Å². The van der Waals surface area contributed by atoms with Gasteiger partial charge in [0.1, 0.15) is 11.0 Å². The van der Waals surface area contributed by atoms with Crippen LogP contribution in [0.25, 0.3) is 11.0 Å². The molecule has 1 saturated heterocycles. The van der Waals surface area contributed by atoms with Crippen molar-refractivity contribution in [1.82, 2.24) is 13.6 Å². The fourth-order valence-corrected chi connectivity index (χ4v) is 3.53. The number of nitrogens with zero attached hydrogens (tertiary/aromatic N) is 3. The molecule has 0 saturated carbocycles. The lowest BCUT2D eigenvalue weighted by molar-refractivity contribution is 0.300. The molecule has 4 nitrogen and oxygen atoms in total. The minimum Gasteiger partial charge on any atom is -0.379 e. The van der Waals surface area contributed by atoms with Crippen molar-refractivity contribution in [3.63, 3.8) is 0 Å². The van der Waals surface area contributed by atoms with Gasteiger partial charge in [-0.15, -0.1) is 0 Å². The molecule has 108 valence electrons. The number of halogens is 1. The number of anilines is 1. The molecule has 1 N–H and O–H groups in total. The summed E-state index contributed by atoms with van der Waals surface area (Å²) in [5.74, 6) is 0. The second kappa shape index (κ2) is 6.24. The summed E-state index contributed by atoms with van der Waals surface area (Å²) in [4.78, 5) is 2.51. The predicted molar refractivity (Wildman–Crippen MR) is 85.8 cm³/mol. The fourth-order valence-electron chi connectivity index (χ4n) is 2.78. The SMILES string of the molecule is CCN1CCCC(Nc2c(Cl)ccc3nsnc23)CC1. The van der Waals surface area contributed by atoms with Crippen LogP contribution in [0.5, 0.6) is 0 Å². The lowest BCUT2D eigenvalue weighted by Gasteiger charge is -2.20. The van der Waals surface area contributed by atoms with E-state index in [1.807, 2.05) is 12.1 Å². The first kappa shape index (κ1) is 14.0. The molecule has 1 aliphatic heterocycles. The van der Waals surface area contributed by atoms with E-state index in [1.165, 1.54) is 31.1 Å². The highest BCUT2D eigenvalue weighted by Crippen LogP contribution is 2.31. The molecule has 3 rings (SSSR count). The maximum Gasteiger partial charge on any atom is 0.129 e. The lowest BCUT2D eigenvalue weighted by atomic mass is 10.1. The zero-order chi connectivity index (χ0) is 13.9. The Balaban J connectivity index is 1.79. The number of benzene rings is 1. The number of nitrogens with one attached hydrogen (secondary N) is 1. The summed E-state index contributed by atoms with van der Waals surface area (Å²) in [7, 11) is 0. The number of hydrogen-bond donors (Lipinski definition) is 1. The van der Waals surface area contributed by atoms with Crippen molar-refractivity contribution < 1.29 is 0 Å². The molecule has 1 aromatic heterocycles. The maximum absolute atomic E-state index is 6.34. The zero-order valence-corrected chi connectivity index (χ0v) is 13.2. The minimum absolute atomic E-state index is 0.469. The maximum atomic E-state index is 6.34. The summed E-state index contributed by atoms with van der Waals surface area (Å²) in [6.07, 6.45) is 3.56. The molecule has 1 fully saturated rings. The summed E-state index contributed by atoms with van der Waals surface area (Å²) in [5.41, 5.74) is 2.78. The number of aromatic nitrogens is 2. The van der Waals surface area contributed by atoms with E-state index in [9.17, 15) is 0 Å². The van der Waals surface area contributed by atoms with E-state index in [0.717, 1.165) is 41.3 Å². The highest BCUT2D eigenvalue weighted by atomic mass is 35.5. The Kier molecular flexibility index (Phi) is 4.38. The molecule has 2 aromatic rings. The highest BCUT2D eigenvalue weighted by Gasteiger charge is 2.18.